The molecule has 172 valence electrons. The predicted molar refractivity (Wildman–Crippen MR) is 108 cm³/mol. The first-order valence-electron chi connectivity index (χ1n) is 9.62. The highest BCUT2D eigenvalue weighted by Gasteiger charge is 2.27. The van der Waals surface area contributed by atoms with Gasteiger partial charge in [-0.1, -0.05) is 13.8 Å². The lowest BCUT2D eigenvalue weighted by atomic mass is 10.0. The number of primary amides is 1. The van der Waals surface area contributed by atoms with Gasteiger partial charge in [0.25, 0.3) is 0 Å². The molecule has 1 rings (SSSR count). The normalized spacial score (nSPS) is 13.7. The number of aromatic nitrogens is 2. The number of nitrogens with two attached hydrogens (primary N) is 2. The molecule has 0 fully saturated rings. The van der Waals surface area contributed by atoms with Gasteiger partial charge in [0.2, 0.25) is 23.6 Å². The number of hydrogen-bond acceptors (Lipinski definition) is 7. The number of carbonyl (C=O) groups is 5. The number of amides is 4. The maximum atomic E-state index is 12.5. The monoisotopic (exact) mass is 439 g/mol. The van der Waals surface area contributed by atoms with E-state index in [4.69, 9.17) is 16.6 Å². The molecule has 31 heavy (non-hydrogen) atoms. The zero-order valence-electron chi connectivity index (χ0n) is 17.4. The van der Waals surface area contributed by atoms with Crippen molar-refractivity contribution in [1.29, 1.82) is 0 Å². The Labute approximate surface area is 178 Å². The van der Waals surface area contributed by atoms with Crippen LogP contribution in [-0.4, -0.2) is 69.3 Å². The van der Waals surface area contributed by atoms with Crippen LogP contribution >= 0.6 is 0 Å². The number of H-pyrrole nitrogens is 1. The SMILES string of the molecule is CC(C)C(NC(=O)C(N)Cc1cnc[nH]1)C(=O)NCC(=O)NC(CCC(N)=O)C(=O)O. The third kappa shape index (κ3) is 9.25. The molecule has 0 radical (unpaired) electrons. The Morgan fingerprint density at radius 2 is 1.84 bits per heavy atom. The molecule has 0 aliphatic carbocycles. The van der Waals surface area contributed by atoms with E-state index in [1.54, 1.807) is 13.8 Å². The number of aliphatic carboxylic acids is 1. The van der Waals surface area contributed by atoms with Gasteiger partial charge < -0.3 is 37.5 Å². The average Bonchev–Trinajstić information content (AvgIpc) is 3.19. The predicted octanol–water partition coefficient (Wildman–Crippen LogP) is -2.63. The van der Waals surface area contributed by atoms with Crippen LogP contribution in [0.25, 0.3) is 0 Å². The van der Waals surface area contributed by atoms with E-state index in [0.717, 1.165) is 0 Å². The molecule has 0 saturated carbocycles. The second-order valence-corrected chi connectivity index (χ2v) is 7.30. The van der Waals surface area contributed by atoms with Gasteiger partial charge in [-0.25, -0.2) is 9.78 Å². The number of aromatic amines is 1. The van der Waals surface area contributed by atoms with Crippen molar-refractivity contribution in [1.82, 2.24) is 25.9 Å². The Balaban J connectivity index is 2.58. The van der Waals surface area contributed by atoms with Gasteiger partial charge in [0.15, 0.2) is 0 Å². The molecule has 3 unspecified atom stereocenters. The molecule has 13 nitrogen and oxygen atoms in total. The van der Waals surface area contributed by atoms with Crippen LogP contribution < -0.4 is 27.4 Å². The summed E-state index contributed by atoms with van der Waals surface area (Å²) in [5, 5.41) is 16.2. The highest BCUT2D eigenvalue weighted by atomic mass is 16.4. The van der Waals surface area contributed by atoms with Crippen LogP contribution in [0.3, 0.4) is 0 Å². The second-order valence-electron chi connectivity index (χ2n) is 7.30. The van der Waals surface area contributed by atoms with Gasteiger partial charge in [-0.3, -0.25) is 19.2 Å². The minimum absolute atomic E-state index is 0.177. The number of carboxylic acid groups (broad SMARTS) is 1. The molecular formula is C18H29N7O6. The Kier molecular flexibility index (Phi) is 10.1. The highest BCUT2D eigenvalue weighted by Crippen LogP contribution is 2.04. The standard InChI is InChI=1S/C18H29N7O6/c1-9(2)15(25-16(28)11(19)5-10-6-21-8-23-10)17(29)22-7-14(27)24-12(18(30)31)3-4-13(20)26/h6,8-9,11-12,15H,3-5,7,19H2,1-2H3,(H2,20,26)(H,21,23)(H,22,29)(H,24,27)(H,25,28)(H,30,31). The van der Waals surface area contributed by atoms with Gasteiger partial charge in [0.1, 0.15) is 12.1 Å². The van der Waals surface area contributed by atoms with Gasteiger partial charge >= 0.3 is 5.97 Å². The molecule has 4 amide bonds. The van der Waals surface area contributed by atoms with Gasteiger partial charge in [0.05, 0.1) is 18.9 Å². The number of hydrogen-bond donors (Lipinski definition) is 7. The molecule has 0 spiro atoms. The van der Waals surface area contributed by atoms with E-state index >= 15 is 0 Å². The molecule has 3 atom stereocenters. The van der Waals surface area contributed by atoms with Crippen LogP contribution in [-0.2, 0) is 30.4 Å². The van der Waals surface area contributed by atoms with Crippen molar-refractivity contribution in [2.45, 2.75) is 51.2 Å². The van der Waals surface area contributed by atoms with Crippen molar-refractivity contribution >= 4 is 29.6 Å². The van der Waals surface area contributed by atoms with Crippen molar-refractivity contribution in [3.8, 4) is 0 Å². The molecule has 0 aliphatic rings. The minimum atomic E-state index is -1.33. The molecule has 0 aromatic carbocycles. The van der Waals surface area contributed by atoms with E-state index in [1.165, 1.54) is 12.5 Å². The quantitative estimate of drug-likeness (QED) is 0.172. The van der Waals surface area contributed by atoms with E-state index in [2.05, 4.69) is 25.9 Å². The molecular weight excluding hydrogens is 410 g/mol. The van der Waals surface area contributed by atoms with Gasteiger partial charge in [-0.05, 0) is 12.3 Å². The second kappa shape index (κ2) is 12.3. The number of imidazole rings is 1. The fraction of sp³-hybridized carbons (Fsp3) is 0.556. The molecule has 9 N–H and O–H groups in total. The summed E-state index contributed by atoms with van der Waals surface area (Å²) in [5.74, 6) is -4.29. The molecule has 1 aromatic heterocycles. The number of rotatable bonds is 13. The van der Waals surface area contributed by atoms with Gasteiger partial charge in [0, 0.05) is 24.7 Å². The largest absolute Gasteiger partial charge is 0.480 e. The van der Waals surface area contributed by atoms with Crippen molar-refractivity contribution < 1.29 is 29.1 Å². The first-order valence-corrected chi connectivity index (χ1v) is 9.62. The van der Waals surface area contributed by atoms with Crippen molar-refractivity contribution in [3.05, 3.63) is 18.2 Å². The fourth-order valence-electron chi connectivity index (χ4n) is 2.59. The van der Waals surface area contributed by atoms with Crippen LogP contribution in [0, 0.1) is 5.92 Å². The maximum absolute atomic E-state index is 12.5. The average molecular weight is 439 g/mol. The van der Waals surface area contributed by atoms with Gasteiger partial charge in [-0.15, -0.1) is 0 Å². The smallest absolute Gasteiger partial charge is 0.326 e. The number of carbonyl (C=O) groups excluding carboxylic acids is 4. The lowest BCUT2D eigenvalue weighted by molar-refractivity contribution is -0.142. The summed E-state index contributed by atoms with van der Waals surface area (Å²) < 4.78 is 0. The van der Waals surface area contributed by atoms with E-state index in [9.17, 15) is 24.0 Å². The Morgan fingerprint density at radius 1 is 1.16 bits per heavy atom. The van der Waals surface area contributed by atoms with E-state index in [1.807, 2.05) is 0 Å². The summed E-state index contributed by atoms with van der Waals surface area (Å²) in [6.07, 6.45) is 2.79. The Hall–Kier alpha value is -3.48. The third-order valence-electron chi connectivity index (χ3n) is 4.31. The Morgan fingerprint density at radius 3 is 2.35 bits per heavy atom. The van der Waals surface area contributed by atoms with Crippen LogP contribution in [0.15, 0.2) is 12.5 Å². The first kappa shape index (κ1) is 25.6. The molecule has 0 bridgehead atoms. The number of nitrogens with zero attached hydrogens (tertiary/aromatic N) is 1. The van der Waals surface area contributed by atoms with Crippen LogP contribution in [0.4, 0.5) is 0 Å². The van der Waals surface area contributed by atoms with E-state index < -0.39 is 54.3 Å². The first-order chi connectivity index (χ1) is 14.5. The van der Waals surface area contributed by atoms with Crippen LogP contribution in [0.2, 0.25) is 0 Å². The molecule has 1 aromatic rings. The zero-order chi connectivity index (χ0) is 23.6. The molecule has 13 heteroatoms. The topological polar surface area (TPSA) is 222 Å². The summed E-state index contributed by atoms with van der Waals surface area (Å²) in [6, 6.07) is -3.20. The fourth-order valence-corrected chi connectivity index (χ4v) is 2.59. The summed E-state index contributed by atoms with van der Waals surface area (Å²) in [7, 11) is 0. The number of nitrogens with one attached hydrogen (secondary N) is 4. The van der Waals surface area contributed by atoms with Crippen molar-refractivity contribution in [2.24, 2.45) is 17.4 Å². The minimum Gasteiger partial charge on any atom is -0.480 e. The number of carboxylic acids is 1. The molecule has 1 heterocycles. The van der Waals surface area contributed by atoms with Crippen LogP contribution in [0.1, 0.15) is 32.4 Å². The lowest BCUT2D eigenvalue weighted by Crippen LogP contribution is -2.55. The van der Waals surface area contributed by atoms with E-state index in [0.29, 0.717) is 5.69 Å². The van der Waals surface area contributed by atoms with Crippen LogP contribution in [0.5, 0.6) is 0 Å². The highest BCUT2D eigenvalue weighted by molar-refractivity contribution is 5.92. The zero-order valence-corrected chi connectivity index (χ0v) is 17.4. The third-order valence-corrected chi connectivity index (χ3v) is 4.31. The lowest BCUT2D eigenvalue weighted by Gasteiger charge is -2.23. The summed E-state index contributed by atoms with van der Waals surface area (Å²) >= 11 is 0. The summed E-state index contributed by atoms with van der Waals surface area (Å²) in [6.45, 7) is 2.89. The summed E-state index contributed by atoms with van der Waals surface area (Å²) in [4.78, 5) is 65.4. The Bertz CT molecular complexity index is 780. The van der Waals surface area contributed by atoms with Crippen molar-refractivity contribution in [2.75, 3.05) is 6.54 Å². The molecule has 0 saturated heterocycles. The maximum Gasteiger partial charge on any atom is 0.326 e. The summed E-state index contributed by atoms with van der Waals surface area (Å²) in [5.41, 5.74) is 11.5. The van der Waals surface area contributed by atoms with Gasteiger partial charge in [-0.2, -0.15) is 0 Å². The molecule has 0 aliphatic heterocycles. The van der Waals surface area contributed by atoms with Crippen molar-refractivity contribution in [3.63, 3.8) is 0 Å². The van der Waals surface area contributed by atoms with E-state index in [-0.39, 0.29) is 25.2 Å².